The molecular weight excluding hydrogens is 406 g/mol. The highest BCUT2D eigenvalue weighted by Gasteiger charge is 2.53. The fourth-order valence-electron chi connectivity index (χ4n) is 3.88. The number of ether oxygens (including phenoxy) is 2. The van der Waals surface area contributed by atoms with Crippen molar-refractivity contribution in [1.29, 1.82) is 0 Å². The van der Waals surface area contributed by atoms with Gasteiger partial charge in [-0.3, -0.25) is 14.4 Å². The minimum Gasteiger partial charge on any atom is -0.490 e. The van der Waals surface area contributed by atoms with E-state index < -0.39 is 6.04 Å². The van der Waals surface area contributed by atoms with Gasteiger partial charge in [0.25, 0.3) is 0 Å². The molecular formula is C21H29N3O5S. The van der Waals surface area contributed by atoms with E-state index in [1.165, 1.54) is 4.90 Å². The molecule has 2 atom stereocenters. The van der Waals surface area contributed by atoms with E-state index in [-0.39, 0.29) is 29.1 Å². The van der Waals surface area contributed by atoms with Crippen LogP contribution in [-0.4, -0.2) is 71.0 Å². The number of nitrogens with zero attached hydrogens (tertiary/aromatic N) is 2. The smallest absolute Gasteiger partial charge is 0.246 e. The summed E-state index contributed by atoms with van der Waals surface area (Å²) in [5, 5.41) is 2.79. The van der Waals surface area contributed by atoms with Crippen molar-refractivity contribution in [3.05, 3.63) is 18.2 Å². The second kappa shape index (κ2) is 9.16. The van der Waals surface area contributed by atoms with Crippen LogP contribution in [0.5, 0.6) is 11.5 Å². The van der Waals surface area contributed by atoms with Crippen LogP contribution < -0.4 is 14.8 Å². The van der Waals surface area contributed by atoms with Gasteiger partial charge in [-0.15, -0.1) is 11.8 Å². The molecule has 0 bridgehead atoms. The molecule has 0 unspecified atom stereocenters. The van der Waals surface area contributed by atoms with Gasteiger partial charge in [-0.2, -0.15) is 0 Å². The van der Waals surface area contributed by atoms with Crippen molar-refractivity contribution in [2.45, 2.75) is 44.5 Å². The first-order valence-corrected chi connectivity index (χ1v) is 11.2. The Kier molecular flexibility index (Phi) is 6.80. The number of anilines is 1. The largest absolute Gasteiger partial charge is 0.490 e. The average molecular weight is 436 g/mol. The van der Waals surface area contributed by atoms with E-state index in [1.807, 2.05) is 20.8 Å². The van der Waals surface area contributed by atoms with Crippen LogP contribution in [-0.2, 0) is 14.4 Å². The number of fused-ring (bicyclic) bond motifs is 1. The summed E-state index contributed by atoms with van der Waals surface area (Å²) in [7, 11) is 1.59. The lowest BCUT2D eigenvalue weighted by molar-refractivity contribution is -0.143. The first-order chi connectivity index (χ1) is 14.3. The van der Waals surface area contributed by atoms with Crippen LogP contribution in [0.15, 0.2) is 18.2 Å². The van der Waals surface area contributed by atoms with Crippen LogP contribution in [0.1, 0.15) is 33.6 Å². The summed E-state index contributed by atoms with van der Waals surface area (Å²) in [6.07, 6.45) is 1.22. The van der Waals surface area contributed by atoms with Gasteiger partial charge >= 0.3 is 0 Å². The van der Waals surface area contributed by atoms with Crippen LogP contribution in [0.2, 0.25) is 0 Å². The topological polar surface area (TPSA) is 88.2 Å². The second-order valence-electron chi connectivity index (χ2n) is 7.54. The molecule has 3 rings (SSSR count). The zero-order chi connectivity index (χ0) is 21.9. The number of carbonyl (C=O) groups excluding carboxylic acids is 3. The van der Waals surface area contributed by atoms with Crippen molar-refractivity contribution >= 4 is 35.2 Å². The van der Waals surface area contributed by atoms with Crippen molar-refractivity contribution in [2.75, 3.05) is 37.9 Å². The van der Waals surface area contributed by atoms with E-state index in [0.29, 0.717) is 42.6 Å². The molecule has 2 fully saturated rings. The predicted octanol–water partition coefficient (Wildman–Crippen LogP) is 2.33. The van der Waals surface area contributed by atoms with E-state index in [9.17, 15) is 14.4 Å². The molecule has 1 aromatic carbocycles. The fourth-order valence-corrected chi connectivity index (χ4v) is 5.30. The van der Waals surface area contributed by atoms with Crippen molar-refractivity contribution in [2.24, 2.45) is 0 Å². The molecule has 0 aliphatic carbocycles. The van der Waals surface area contributed by atoms with Crippen LogP contribution in [0, 0.1) is 0 Å². The Balaban J connectivity index is 1.61. The Hall–Kier alpha value is -2.42. The first kappa shape index (κ1) is 22.3. The molecule has 0 saturated carbocycles. The number of hydrogen-bond donors (Lipinski definition) is 1. The number of rotatable bonds is 8. The summed E-state index contributed by atoms with van der Waals surface area (Å²) in [5.41, 5.74) is 0.562. The SMILES string of the molecule is CCOc1ccc(NC(=O)CN(C)C(=O)[C@H]2CS[C@]3(C)CCC(=O)N23)cc1OCC. The average Bonchev–Trinajstić information content (AvgIpc) is 3.19. The lowest BCUT2D eigenvalue weighted by Crippen LogP contribution is -2.51. The zero-order valence-electron chi connectivity index (χ0n) is 17.9. The maximum atomic E-state index is 12.9. The monoisotopic (exact) mass is 435 g/mol. The molecule has 2 heterocycles. The van der Waals surface area contributed by atoms with E-state index in [1.54, 1.807) is 41.9 Å². The van der Waals surface area contributed by atoms with E-state index in [0.717, 1.165) is 6.42 Å². The van der Waals surface area contributed by atoms with Gasteiger partial charge in [0.2, 0.25) is 17.7 Å². The highest BCUT2D eigenvalue weighted by atomic mass is 32.2. The number of hydrogen-bond acceptors (Lipinski definition) is 6. The number of likely N-dealkylation sites (N-methyl/N-ethyl adjacent to an activating group) is 1. The third-order valence-electron chi connectivity index (χ3n) is 5.31. The Bertz CT molecular complexity index is 833. The molecule has 3 amide bonds. The molecule has 0 aromatic heterocycles. The minimum atomic E-state index is -0.511. The van der Waals surface area contributed by atoms with Gasteiger partial charge in [0, 0.05) is 31.0 Å². The van der Waals surface area contributed by atoms with Crippen LogP contribution in [0.3, 0.4) is 0 Å². The van der Waals surface area contributed by atoms with Crippen molar-refractivity contribution in [3.8, 4) is 11.5 Å². The summed E-state index contributed by atoms with van der Waals surface area (Å²) < 4.78 is 11.1. The maximum absolute atomic E-state index is 12.9. The molecule has 30 heavy (non-hydrogen) atoms. The van der Waals surface area contributed by atoms with Gasteiger partial charge in [-0.1, -0.05) is 0 Å². The van der Waals surface area contributed by atoms with Crippen LogP contribution in [0.4, 0.5) is 5.69 Å². The van der Waals surface area contributed by atoms with Gasteiger partial charge in [-0.25, -0.2) is 0 Å². The lowest BCUT2D eigenvalue weighted by atomic mass is 10.2. The van der Waals surface area contributed by atoms with Crippen molar-refractivity contribution in [3.63, 3.8) is 0 Å². The number of nitrogens with one attached hydrogen (secondary N) is 1. The maximum Gasteiger partial charge on any atom is 0.246 e. The standard InChI is InChI=1S/C21H29N3O5S/c1-5-28-16-8-7-14(11-17(16)29-6-2)22-18(25)12-23(4)20(27)15-13-30-21(3)10-9-19(26)24(15)21/h7-8,11,15H,5-6,9-10,12-13H2,1-4H3,(H,22,25)/t15-,21-/m1/s1. The van der Waals surface area contributed by atoms with Gasteiger partial charge in [0.15, 0.2) is 11.5 Å². The summed E-state index contributed by atoms with van der Waals surface area (Å²) in [6.45, 7) is 6.65. The summed E-state index contributed by atoms with van der Waals surface area (Å²) in [4.78, 5) is 40.5. The third kappa shape index (κ3) is 4.50. The second-order valence-corrected chi connectivity index (χ2v) is 9.04. The molecule has 1 aromatic rings. The summed E-state index contributed by atoms with van der Waals surface area (Å²) in [5.74, 6) is 1.20. The van der Waals surface area contributed by atoms with Gasteiger partial charge in [0.1, 0.15) is 6.04 Å². The molecule has 9 heteroatoms. The number of thioether (sulfide) groups is 1. The van der Waals surface area contributed by atoms with Gasteiger partial charge in [-0.05, 0) is 39.3 Å². The number of carbonyl (C=O) groups is 3. The first-order valence-electron chi connectivity index (χ1n) is 10.2. The quantitative estimate of drug-likeness (QED) is 0.674. The Morgan fingerprint density at radius 3 is 2.67 bits per heavy atom. The van der Waals surface area contributed by atoms with E-state index >= 15 is 0 Å². The normalized spacial score (nSPS) is 22.6. The van der Waals surface area contributed by atoms with E-state index in [4.69, 9.17) is 9.47 Å². The molecule has 2 aliphatic rings. The lowest BCUT2D eigenvalue weighted by Gasteiger charge is -2.31. The Morgan fingerprint density at radius 2 is 1.97 bits per heavy atom. The highest BCUT2D eigenvalue weighted by molar-refractivity contribution is 8.01. The summed E-state index contributed by atoms with van der Waals surface area (Å²) >= 11 is 1.64. The van der Waals surface area contributed by atoms with Gasteiger partial charge in [0.05, 0.1) is 24.6 Å². The molecule has 8 nitrogen and oxygen atoms in total. The Morgan fingerprint density at radius 1 is 1.27 bits per heavy atom. The van der Waals surface area contributed by atoms with Crippen LogP contribution >= 0.6 is 11.8 Å². The van der Waals surface area contributed by atoms with E-state index in [2.05, 4.69) is 5.32 Å². The highest BCUT2D eigenvalue weighted by Crippen LogP contribution is 2.47. The van der Waals surface area contributed by atoms with Crippen molar-refractivity contribution in [1.82, 2.24) is 9.80 Å². The number of amides is 3. The Labute approximate surface area is 181 Å². The molecule has 2 saturated heterocycles. The van der Waals surface area contributed by atoms with Gasteiger partial charge < -0.3 is 24.6 Å². The molecule has 0 spiro atoms. The molecule has 2 aliphatic heterocycles. The molecule has 1 N–H and O–H groups in total. The minimum absolute atomic E-state index is 0.0107. The summed E-state index contributed by atoms with van der Waals surface area (Å²) in [6, 6.07) is 4.67. The molecule has 0 radical (unpaired) electrons. The van der Waals surface area contributed by atoms with Crippen LogP contribution in [0.25, 0.3) is 0 Å². The number of benzene rings is 1. The van der Waals surface area contributed by atoms with Crippen molar-refractivity contribution < 1.29 is 23.9 Å². The predicted molar refractivity (Wildman–Crippen MR) is 116 cm³/mol. The third-order valence-corrected chi connectivity index (χ3v) is 6.82. The zero-order valence-corrected chi connectivity index (χ0v) is 18.7. The fraction of sp³-hybridized carbons (Fsp3) is 0.571. The molecule has 164 valence electrons.